The Morgan fingerprint density at radius 3 is 2.70 bits per heavy atom. The number of allylic oxidation sites excluding steroid dienone is 1. The van der Waals surface area contributed by atoms with Crippen LogP contribution in [0.25, 0.3) is 0 Å². The van der Waals surface area contributed by atoms with Crippen molar-refractivity contribution in [1.29, 1.82) is 0 Å². The molecule has 110 valence electrons. The maximum atomic E-state index is 3.54. The van der Waals surface area contributed by atoms with Gasteiger partial charge >= 0.3 is 0 Å². The second-order valence-corrected chi connectivity index (χ2v) is 6.04. The van der Waals surface area contributed by atoms with Crippen LogP contribution >= 0.6 is 0 Å². The molecule has 0 aromatic heterocycles. The molecule has 1 aromatic carbocycles. The van der Waals surface area contributed by atoms with Crippen LogP contribution in [0.5, 0.6) is 0 Å². The van der Waals surface area contributed by atoms with E-state index < -0.39 is 0 Å². The third-order valence-electron chi connectivity index (χ3n) is 4.59. The average molecular weight is 271 g/mol. The van der Waals surface area contributed by atoms with E-state index in [1.165, 1.54) is 62.5 Å². The van der Waals surface area contributed by atoms with Crippen molar-refractivity contribution in [3.8, 4) is 0 Å². The first-order chi connectivity index (χ1) is 9.81. The molecule has 0 bridgehead atoms. The second-order valence-electron chi connectivity index (χ2n) is 6.04. The molecule has 0 amide bonds. The summed E-state index contributed by atoms with van der Waals surface area (Å²) >= 11 is 0. The van der Waals surface area contributed by atoms with Gasteiger partial charge in [-0.1, -0.05) is 48.8 Å². The zero-order valence-electron chi connectivity index (χ0n) is 13.1. The predicted molar refractivity (Wildman–Crippen MR) is 88.1 cm³/mol. The number of aryl methyl sites for hydroxylation is 2. The number of hydrogen-bond acceptors (Lipinski definition) is 1. The molecule has 2 rings (SSSR count). The maximum absolute atomic E-state index is 3.54. The minimum Gasteiger partial charge on any atom is -0.313 e. The highest BCUT2D eigenvalue weighted by molar-refractivity contribution is 5.26. The minimum absolute atomic E-state index is 0.563. The molecule has 1 heteroatoms. The van der Waals surface area contributed by atoms with Crippen LogP contribution < -0.4 is 5.32 Å². The van der Waals surface area contributed by atoms with Crippen molar-refractivity contribution >= 4 is 0 Å². The molecule has 0 radical (unpaired) electrons. The smallest absolute Gasteiger partial charge is 0.0279 e. The molecule has 20 heavy (non-hydrogen) atoms. The second kappa shape index (κ2) is 8.26. The van der Waals surface area contributed by atoms with E-state index >= 15 is 0 Å². The van der Waals surface area contributed by atoms with Crippen molar-refractivity contribution in [2.75, 3.05) is 7.05 Å². The summed E-state index contributed by atoms with van der Waals surface area (Å²) in [5, 5.41) is 3.54. The summed E-state index contributed by atoms with van der Waals surface area (Å²) in [6.07, 6.45) is 13.0. The van der Waals surface area contributed by atoms with Gasteiger partial charge in [-0.15, -0.1) is 0 Å². The molecule has 1 atom stereocenters. The lowest BCUT2D eigenvalue weighted by atomic mass is 9.91. The number of rotatable bonds is 5. The molecule has 1 N–H and O–H groups in total. The maximum Gasteiger partial charge on any atom is 0.0279 e. The van der Waals surface area contributed by atoms with Gasteiger partial charge in [0.15, 0.2) is 0 Å². The van der Waals surface area contributed by atoms with Crippen molar-refractivity contribution in [2.45, 2.75) is 64.3 Å². The lowest BCUT2D eigenvalue weighted by Crippen LogP contribution is -2.28. The van der Waals surface area contributed by atoms with Crippen LogP contribution in [0.15, 0.2) is 35.9 Å². The molecular weight excluding hydrogens is 242 g/mol. The fourth-order valence-corrected chi connectivity index (χ4v) is 3.24. The monoisotopic (exact) mass is 271 g/mol. The van der Waals surface area contributed by atoms with Crippen molar-refractivity contribution in [1.82, 2.24) is 5.32 Å². The standard InChI is InChI=1S/C19H29N/c1-16-10-8-9-11-17(16)14-15-19(20-2)18-12-6-4-3-5-7-13-18/h8-12,19-20H,3-7,13-15H2,1-2H3/b18-12+. The lowest BCUT2D eigenvalue weighted by molar-refractivity contribution is 0.535. The first-order valence-electron chi connectivity index (χ1n) is 8.22. The van der Waals surface area contributed by atoms with E-state index in [1.54, 1.807) is 5.57 Å². The first-order valence-corrected chi connectivity index (χ1v) is 8.22. The molecule has 1 aromatic rings. The fraction of sp³-hybridized carbons (Fsp3) is 0.579. The van der Waals surface area contributed by atoms with Crippen LogP contribution in [-0.4, -0.2) is 13.1 Å². The molecule has 1 unspecified atom stereocenters. The van der Waals surface area contributed by atoms with Crippen LogP contribution in [0.1, 0.15) is 56.1 Å². The number of nitrogens with one attached hydrogen (secondary N) is 1. The third-order valence-corrected chi connectivity index (χ3v) is 4.59. The fourth-order valence-electron chi connectivity index (χ4n) is 3.24. The predicted octanol–water partition coefficient (Wildman–Crippen LogP) is 4.80. The van der Waals surface area contributed by atoms with Gasteiger partial charge in [-0.3, -0.25) is 0 Å². The highest BCUT2D eigenvalue weighted by Crippen LogP contribution is 2.22. The van der Waals surface area contributed by atoms with Gasteiger partial charge in [-0.25, -0.2) is 0 Å². The molecule has 1 aliphatic rings. The Morgan fingerprint density at radius 1 is 1.10 bits per heavy atom. The van der Waals surface area contributed by atoms with Gasteiger partial charge in [0, 0.05) is 6.04 Å². The van der Waals surface area contributed by atoms with E-state index in [2.05, 4.69) is 49.6 Å². The van der Waals surface area contributed by atoms with Crippen LogP contribution in [0.4, 0.5) is 0 Å². The van der Waals surface area contributed by atoms with E-state index in [4.69, 9.17) is 0 Å². The summed E-state index contributed by atoms with van der Waals surface area (Å²) in [5.41, 5.74) is 4.58. The van der Waals surface area contributed by atoms with Crippen molar-refractivity contribution < 1.29 is 0 Å². The molecule has 0 aliphatic heterocycles. The Morgan fingerprint density at radius 2 is 1.90 bits per heavy atom. The van der Waals surface area contributed by atoms with Gasteiger partial charge in [-0.2, -0.15) is 0 Å². The number of likely N-dealkylation sites (N-methyl/N-ethyl adjacent to an activating group) is 1. The normalized spacial score (nSPS) is 20.6. The molecular formula is C19H29N. The molecule has 0 saturated carbocycles. The van der Waals surface area contributed by atoms with Gasteiger partial charge in [0.25, 0.3) is 0 Å². The molecule has 1 nitrogen and oxygen atoms in total. The quantitative estimate of drug-likeness (QED) is 0.759. The highest BCUT2D eigenvalue weighted by atomic mass is 14.9. The zero-order valence-corrected chi connectivity index (χ0v) is 13.1. The van der Waals surface area contributed by atoms with E-state index in [0.717, 1.165) is 0 Å². The summed E-state index contributed by atoms with van der Waals surface area (Å²) in [7, 11) is 2.11. The van der Waals surface area contributed by atoms with Crippen LogP contribution in [0.3, 0.4) is 0 Å². The largest absolute Gasteiger partial charge is 0.313 e. The van der Waals surface area contributed by atoms with Crippen molar-refractivity contribution in [3.05, 3.63) is 47.0 Å². The van der Waals surface area contributed by atoms with E-state index in [0.29, 0.717) is 6.04 Å². The Labute approximate surface area is 124 Å². The summed E-state index contributed by atoms with van der Waals surface area (Å²) in [6, 6.07) is 9.35. The number of hydrogen-bond donors (Lipinski definition) is 1. The van der Waals surface area contributed by atoms with Gasteiger partial charge in [0.2, 0.25) is 0 Å². The van der Waals surface area contributed by atoms with Crippen LogP contribution in [0, 0.1) is 6.92 Å². The minimum atomic E-state index is 0.563. The molecule has 0 saturated heterocycles. The van der Waals surface area contributed by atoms with Gasteiger partial charge in [-0.05, 0) is 63.6 Å². The van der Waals surface area contributed by atoms with Crippen LogP contribution in [0.2, 0.25) is 0 Å². The van der Waals surface area contributed by atoms with Gasteiger partial charge in [0.05, 0.1) is 0 Å². The van der Waals surface area contributed by atoms with Gasteiger partial charge in [0.1, 0.15) is 0 Å². The zero-order chi connectivity index (χ0) is 14.2. The molecule has 0 spiro atoms. The Balaban J connectivity index is 1.96. The van der Waals surface area contributed by atoms with Gasteiger partial charge < -0.3 is 5.32 Å². The van der Waals surface area contributed by atoms with Crippen molar-refractivity contribution in [3.63, 3.8) is 0 Å². The Bertz CT molecular complexity index is 433. The first kappa shape index (κ1) is 15.3. The topological polar surface area (TPSA) is 12.0 Å². The Hall–Kier alpha value is -1.08. The van der Waals surface area contributed by atoms with E-state index in [9.17, 15) is 0 Å². The molecule has 0 heterocycles. The molecule has 1 aliphatic carbocycles. The summed E-state index contributed by atoms with van der Waals surface area (Å²) in [6.45, 7) is 2.22. The summed E-state index contributed by atoms with van der Waals surface area (Å²) in [5.74, 6) is 0. The Kier molecular flexibility index (Phi) is 6.32. The summed E-state index contributed by atoms with van der Waals surface area (Å²) in [4.78, 5) is 0. The van der Waals surface area contributed by atoms with E-state index in [-0.39, 0.29) is 0 Å². The third kappa shape index (κ3) is 4.49. The summed E-state index contributed by atoms with van der Waals surface area (Å²) < 4.78 is 0. The molecule has 0 fully saturated rings. The SMILES string of the molecule is CNC(CCc1ccccc1C)/C1=C/CCCCCC1. The van der Waals surface area contributed by atoms with E-state index in [1.807, 2.05) is 0 Å². The highest BCUT2D eigenvalue weighted by Gasteiger charge is 2.13. The number of benzene rings is 1. The lowest BCUT2D eigenvalue weighted by Gasteiger charge is -2.22. The average Bonchev–Trinajstić information content (AvgIpc) is 2.42. The van der Waals surface area contributed by atoms with Crippen molar-refractivity contribution in [2.24, 2.45) is 0 Å². The van der Waals surface area contributed by atoms with Crippen LogP contribution in [-0.2, 0) is 6.42 Å².